The van der Waals surface area contributed by atoms with Crippen molar-refractivity contribution >= 4 is 17.7 Å². The Kier molecular flexibility index (Phi) is 6.52. The molecule has 1 saturated carbocycles. The summed E-state index contributed by atoms with van der Waals surface area (Å²) in [5.41, 5.74) is 2.38. The van der Waals surface area contributed by atoms with Crippen molar-refractivity contribution in [2.24, 2.45) is 5.92 Å². The van der Waals surface area contributed by atoms with Crippen molar-refractivity contribution in [1.29, 1.82) is 5.26 Å². The first kappa shape index (κ1) is 21.6. The first-order valence-corrected chi connectivity index (χ1v) is 10.6. The van der Waals surface area contributed by atoms with Crippen LogP contribution in [-0.2, 0) is 0 Å². The zero-order valence-electron chi connectivity index (χ0n) is 17.1. The van der Waals surface area contributed by atoms with E-state index in [0.717, 1.165) is 25.7 Å². The van der Waals surface area contributed by atoms with Gasteiger partial charge in [0.2, 0.25) is 0 Å². The molecule has 0 saturated heterocycles. The highest BCUT2D eigenvalue weighted by Gasteiger charge is 2.24. The zero-order chi connectivity index (χ0) is 22.5. The van der Waals surface area contributed by atoms with Crippen molar-refractivity contribution in [3.05, 3.63) is 53.7 Å². The van der Waals surface area contributed by atoms with Crippen LogP contribution in [-0.4, -0.2) is 43.6 Å². The number of nitrogens with zero attached hydrogens (tertiary/aromatic N) is 5. The maximum absolute atomic E-state index is 10.8. The molecule has 2 N–H and O–H groups in total. The summed E-state index contributed by atoms with van der Waals surface area (Å²) in [4.78, 5) is 19.2. The van der Waals surface area contributed by atoms with Crippen molar-refractivity contribution < 1.29 is 14.6 Å². The molecule has 0 unspecified atom stereocenters. The quantitative estimate of drug-likeness (QED) is 0.540. The minimum atomic E-state index is -0.986. The second-order valence-corrected chi connectivity index (χ2v) is 7.98. The minimum absolute atomic E-state index is 0.00918. The molecule has 1 aliphatic rings. The molecule has 1 aromatic carbocycles. The summed E-state index contributed by atoms with van der Waals surface area (Å²) in [6.07, 6.45) is 7.05. The molecule has 4 rings (SSSR count). The number of hydrogen-bond acceptors (Lipinski definition) is 6. The van der Waals surface area contributed by atoms with Crippen LogP contribution in [0.25, 0.3) is 16.9 Å². The standard InChI is InChI=1S/C22H21ClN6O3/c23-21-20(32-12-14-5-7-17(8-6-14)28-22(30)31)19(25-13-26-21)16-10-27-29(11-16)18-4-2-1-3-15(18)9-24/h1-4,10-11,13-14,17,28H,5-8,12H2,(H,30,31)/t14-,17+. The number of carbonyl (C=O) groups is 1. The molecular formula is C22H21ClN6O3. The van der Waals surface area contributed by atoms with Gasteiger partial charge in [-0.05, 0) is 43.7 Å². The van der Waals surface area contributed by atoms with Crippen molar-refractivity contribution in [3.63, 3.8) is 0 Å². The third-order valence-corrected chi connectivity index (χ3v) is 5.79. The molecule has 10 heteroatoms. The summed E-state index contributed by atoms with van der Waals surface area (Å²) in [7, 11) is 0. The van der Waals surface area contributed by atoms with E-state index >= 15 is 0 Å². The van der Waals surface area contributed by atoms with E-state index in [2.05, 4.69) is 26.5 Å². The van der Waals surface area contributed by atoms with Gasteiger partial charge in [-0.15, -0.1) is 0 Å². The smallest absolute Gasteiger partial charge is 0.404 e. The number of hydrogen-bond donors (Lipinski definition) is 2. The Hall–Kier alpha value is -3.64. The Morgan fingerprint density at radius 3 is 2.81 bits per heavy atom. The molecule has 9 nitrogen and oxygen atoms in total. The maximum atomic E-state index is 10.8. The molecule has 1 fully saturated rings. The Morgan fingerprint density at radius 1 is 1.28 bits per heavy atom. The number of rotatable bonds is 6. The lowest BCUT2D eigenvalue weighted by Gasteiger charge is -2.28. The largest absolute Gasteiger partial charge is 0.488 e. The Bertz CT molecular complexity index is 1150. The normalized spacial score (nSPS) is 18.0. The van der Waals surface area contributed by atoms with Gasteiger partial charge in [-0.25, -0.2) is 19.4 Å². The number of nitriles is 1. The predicted octanol–water partition coefficient (Wildman–Crippen LogP) is 4.06. The average molecular weight is 453 g/mol. The van der Waals surface area contributed by atoms with Crippen LogP contribution in [0.4, 0.5) is 4.79 Å². The highest BCUT2D eigenvalue weighted by atomic mass is 35.5. The van der Waals surface area contributed by atoms with Crippen molar-refractivity contribution in [2.45, 2.75) is 31.7 Å². The van der Waals surface area contributed by atoms with Gasteiger partial charge in [-0.2, -0.15) is 10.4 Å². The second kappa shape index (κ2) is 9.66. The highest BCUT2D eigenvalue weighted by Crippen LogP contribution is 2.34. The summed E-state index contributed by atoms with van der Waals surface area (Å²) in [6, 6.07) is 9.34. The fraction of sp³-hybridized carbons (Fsp3) is 0.318. The van der Waals surface area contributed by atoms with Crippen LogP contribution >= 0.6 is 11.6 Å². The third kappa shape index (κ3) is 4.81. The number of para-hydroxylation sites is 1. The van der Waals surface area contributed by atoms with Gasteiger partial charge < -0.3 is 15.2 Å². The lowest BCUT2D eigenvalue weighted by atomic mass is 9.86. The van der Waals surface area contributed by atoms with Gasteiger partial charge in [0.1, 0.15) is 18.1 Å². The number of benzene rings is 1. The first-order chi connectivity index (χ1) is 15.5. The highest BCUT2D eigenvalue weighted by molar-refractivity contribution is 6.31. The van der Waals surface area contributed by atoms with Crippen LogP contribution in [0.15, 0.2) is 43.0 Å². The van der Waals surface area contributed by atoms with E-state index in [4.69, 9.17) is 21.4 Å². The fourth-order valence-corrected chi connectivity index (χ4v) is 4.07. The van der Waals surface area contributed by atoms with Crippen LogP contribution in [0.3, 0.4) is 0 Å². The Morgan fingerprint density at radius 2 is 2.06 bits per heavy atom. The Balaban J connectivity index is 1.49. The number of nitrogens with one attached hydrogen (secondary N) is 1. The van der Waals surface area contributed by atoms with Gasteiger partial charge in [-0.1, -0.05) is 23.7 Å². The van der Waals surface area contributed by atoms with Gasteiger partial charge in [-0.3, -0.25) is 0 Å². The molecule has 0 spiro atoms. The first-order valence-electron chi connectivity index (χ1n) is 10.2. The van der Waals surface area contributed by atoms with Crippen molar-refractivity contribution in [1.82, 2.24) is 25.1 Å². The van der Waals surface area contributed by atoms with E-state index in [0.29, 0.717) is 34.9 Å². The summed E-state index contributed by atoms with van der Waals surface area (Å²) in [6.45, 7) is 0.436. The molecule has 0 radical (unpaired) electrons. The molecule has 2 aromatic heterocycles. The van der Waals surface area contributed by atoms with Crippen molar-refractivity contribution in [3.8, 4) is 28.8 Å². The van der Waals surface area contributed by atoms with E-state index in [-0.39, 0.29) is 17.1 Å². The van der Waals surface area contributed by atoms with E-state index in [1.54, 1.807) is 29.2 Å². The number of ether oxygens (including phenoxy) is 1. The predicted molar refractivity (Wildman–Crippen MR) is 117 cm³/mol. The van der Waals surface area contributed by atoms with Crippen molar-refractivity contribution in [2.75, 3.05) is 6.61 Å². The monoisotopic (exact) mass is 452 g/mol. The lowest BCUT2D eigenvalue weighted by molar-refractivity contribution is 0.169. The maximum Gasteiger partial charge on any atom is 0.404 e. The molecule has 3 aromatic rings. The van der Waals surface area contributed by atoms with Gasteiger partial charge in [0, 0.05) is 17.8 Å². The van der Waals surface area contributed by atoms with Crippen LogP contribution in [0, 0.1) is 17.2 Å². The molecule has 32 heavy (non-hydrogen) atoms. The van der Waals surface area contributed by atoms with Gasteiger partial charge in [0.15, 0.2) is 10.9 Å². The van der Waals surface area contributed by atoms with E-state index < -0.39 is 6.09 Å². The summed E-state index contributed by atoms with van der Waals surface area (Å²) < 4.78 is 7.67. The van der Waals surface area contributed by atoms with E-state index in [9.17, 15) is 10.1 Å². The molecule has 0 atom stereocenters. The minimum Gasteiger partial charge on any atom is -0.488 e. The summed E-state index contributed by atoms with van der Waals surface area (Å²) in [5.74, 6) is 0.671. The number of aromatic nitrogens is 4. The summed E-state index contributed by atoms with van der Waals surface area (Å²) in [5, 5.41) is 25.4. The summed E-state index contributed by atoms with van der Waals surface area (Å²) >= 11 is 6.33. The van der Waals surface area contributed by atoms with E-state index in [1.807, 2.05) is 12.1 Å². The number of amides is 1. The molecule has 2 heterocycles. The lowest BCUT2D eigenvalue weighted by Crippen LogP contribution is -2.37. The molecular weight excluding hydrogens is 432 g/mol. The average Bonchev–Trinajstić information content (AvgIpc) is 3.28. The fourth-order valence-electron chi connectivity index (χ4n) is 3.88. The molecule has 1 aliphatic carbocycles. The van der Waals surface area contributed by atoms with Crippen LogP contribution in [0.2, 0.25) is 5.15 Å². The topological polar surface area (TPSA) is 126 Å². The number of carboxylic acid groups (broad SMARTS) is 1. The van der Waals surface area contributed by atoms with Crippen LogP contribution in [0.5, 0.6) is 5.75 Å². The molecule has 1 amide bonds. The Labute approximate surface area is 189 Å². The van der Waals surface area contributed by atoms with Crippen LogP contribution in [0.1, 0.15) is 31.2 Å². The van der Waals surface area contributed by atoms with Crippen LogP contribution < -0.4 is 10.1 Å². The SMILES string of the molecule is N#Cc1ccccc1-n1cc(-c2ncnc(Cl)c2OC[C@H]2CC[C@@H](NC(=O)O)CC2)cn1. The molecule has 0 bridgehead atoms. The molecule has 0 aliphatic heterocycles. The van der Waals surface area contributed by atoms with Gasteiger partial charge >= 0.3 is 6.09 Å². The number of halogens is 1. The third-order valence-electron chi connectivity index (χ3n) is 5.53. The van der Waals surface area contributed by atoms with Gasteiger partial charge in [0.05, 0.1) is 24.1 Å². The second-order valence-electron chi connectivity index (χ2n) is 7.62. The van der Waals surface area contributed by atoms with Gasteiger partial charge in [0.25, 0.3) is 0 Å². The molecule has 164 valence electrons. The van der Waals surface area contributed by atoms with E-state index in [1.165, 1.54) is 6.33 Å². The zero-order valence-corrected chi connectivity index (χ0v) is 17.9.